The number of hydrogen-bond acceptors (Lipinski definition) is 2. The van der Waals surface area contributed by atoms with Crippen LogP contribution in [0.15, 0.2) is 18.2 Å². The lowest BCUT2D eigenvalue weighted by Crippen LogP contribution is -2.30. The van der Waals surface area contributed by atoms with Crippen LogP contribution in [0.1, 0.15) is 24.5 Å². The third kappa shape index (κ3) is 4.15. The number of rotatable bonds is 4. The highest BCUT2D eigenvalue weighted by molar-refractivity contribution is 6.04. The molecule has 8 heteroatoms. The van der Waals surface area contributed by atoms with Crippen molar-refractivity contribution in [2.24, 2.45) is 5.73 Å². The van der Waals surface area contributed by atoms with Gasteiger partial charge in [-0.25, -0.2) is 4.79 Å². The maximum Gasteiger partial charge on any atom is 0.416 e. The fraction of sp³-hybridized carbons (Fsp3) is 0.333. The highest BCUT2D eigenvalue weighted by atomic mass is 19.4. The summed E-state index contributed by atoms with van der Waals surface area (Å²) in [7, 11) is 0. The molecule has 0 aliphatic rings. The molecule has 0 spiro atoms. The lowest BCUT2D eigenvalue weighted by atomic mass is 10.1. The van der Waals surface area contributed by atoms with Crippen molar-refractivity contribution in [3.63, 3.8) is 0 Å². The van der Waals surface area contributed by atoms with Gasteiger partial charge in [-0.3, -0.25) is 5.41 Å². The minimum absolute atomic E-state index is 0.0547. The Morgan fingerprint density at radius 2 is 2.05 bits per heavy atom. The molecule has 0 aliphatic carbocycles. The summed E-state index contributed by atoms with van der Waals surface area (Å²) in [6.45, 7) is 2.29. The van der Waals surface area contributed by atoms with Gasteiger partial charge in [-0.2, -0.15) is 13.2 Å². The third-order valence-electron chi connectivity index (χ3n) is 2.42. The average Bonchev–Trinajstić information content (AvgIpc) is 2.35. The fourth-order valence-corrected chi connectivity index (χ4v) is 1.46. The first-order chi connectivity index (χ1) is 9.25. The summed E-state index contributed by atoms with van der Waals surface area (Å²) in [6, 6.07) is 2.07. The molecule has 20 heavy (non-hydrogen) atoms. The van der Waals surface area contributed by atoms with Crippen molar-refractivity contribution in [1.29, 1.82) is 5.41 Å². The number of alkyl halides is 3. The van der Waals surface area contributed by atoms with Crippen molar-refractivity contribution >= 4 is 17.6 Å². The summed E-state index contributed by atoms with van der Waals surface area (Å²) < 4.78 is 37.7. The van der Waals surface area contributed by atoms with Crippen molar-refractivity contribution < 1.29 is 18.0 Å². The van der Waals surface area contributed by atoms with Crippen LogP contribution < -0.4 is 16.4 Å². The van der Waals surface area contributed by atoms with Crippen molar-refractivity contribution in [2.75, 3.05) is 11.9 Å². The first-order valence-corrected chi connectivity index (χ1v) is 5.86. The number of amidine groups is 1. The molecular weight excluding hydrogens is 273 g/mol. The lowest BCUT2D eigenvalue weighted by Gasteiger charge is -2.14. The highest BCUT2D eigenvalue weighted by Crippen LogP contribution is 2.31. The molecule has 0 saturated carbocycles. The van der Waals surface area contributed by atoms with Crippen LogP contribution in [0.5, 0.6) is 0 Å². The van der Waals surface area contributed by atoms with E-state index in [9.17, 15) is 18.0 Å². The van der Waals surface area contributed by atoms with E-state index in [2.05, 4.69) is 10.6 Å². The number of anilines is 1. The first kappa shape index (κ1) is 15.8. The minimum Gasteiger partial charge on any atom is -0.384 e. The van der Waals surface area contributed by atoms with E-state index in [1.807, 2.05) is 6.92 Å². The standard InChI is InChI=1S/C12H15F3N4O/c1-2-5-18-11(20)19-9-4-3-7(12(13,14)15)6-8(9)10(16)17/h3-4,6H,2,5H2,1H3,(H3,16,17)(H2,18,19,20). The number of halogens is 3. The van der Waals surface area contributed by atoms with E-state index in [4.69, 9.17) is 11.1 Å². The Morgan fingerprint density at radius 3 is 2.55 bits per heavy atom. The van der Waals surface area contributed by atoms with Crippen molar-refractivity contribution in [3.05, 3.63) is 29.3 Å². The van der Waals surface area contributed by atoms with Gasteiger partial charge in [-0.05, 0) is 24.6 Å². The van der Waals surface area contributed by atoms with E-state index in [1.54, 1.807) is 0 Å². The zero-order valence-electron chi connectivity index (χ0n) is 10.8. The van der Waals surface area contributed by atoms with Crippen molar-refractivity contribution in [1.82, 2.24) is 5.32 Å². The second-order valence-electron chi connectivity index (χ2n) is 4.05. The highest BCUT2D eigenvalue weighted by Gasteiger charge is 2.31. The predicted octanol–water partition coefficient (Wildman–Crippen LogP) is 2.52. The summed E-state index contributed by atoms with van der Waals surface area (Å²) in [4.78, 5) is 11.5. The van der Waals surface area contributed by atoms with Gasteiger partial charge in [0.2, 0.25) is 0 Å². The van der Waals surface area contributed by atoms with Gasteiger partial charge in [-0.1, -0.05) is 6.92 Å². The van der Waals surface area contributed by atoms with E-state index >= 15 is 0 Å². The van der Waals surface area contributed by atoms with Crippen molar-refractivity contribution in [2.45, 2.75) is 19.5 Å². The quantitative estimate of drug-likeness (QED) is 0.506. The molecule has 1 aromatic rings. The van der Waals surface area contributed by atoms with Gasteiger partial charge >= 0.3 is 12.2 Å². The van der Waals surface area contributed by atoms with E-state index in [-0.39, 0.29) is 11.3 Å². The average molecular weight is 288 g/mol. The summed E-state index contributed by atoms with van der Waals surface area (Å²) in [5, 5.41) is 12.2. The van der Waals surface area contributed by atoms with Gasteiger partial charge in [0.15, 0.2) is 0 Å². The molecule has 5 nitrogen and oxygen atoms in total. The lowest BCUT2D eigenvalue weighted by molar-refractivity contribution is -0.137. The maximum absolute atomic E-state index is 12.6. The van der Waals surface area contributed by atoms with Crippen LogP contribution in [-0.2, 0) is 6.18 Å². The smallest absolute Gasteiger partial charge is 0.384 e. The summed E-state index contributed by atoms with van der Waals surface area (Å²) in [5.74, 6) is -0.554. The molecule has 0 aromatic heterocycles. The number of carbonyl (C=O) groups excluding carboxylic acids is 1. The number of benzene rings is 1. The number of amides is 2. The zero-order valence-corrected chi connectivity index (χ0v) is 10.8. The zero-order chi connectivity index (χ0) is 15.3. The fourth-order valence-electron chi connectivity index (χ4n) is 1.46. The maximum atomic E-state index is 12.6. The molecule has 0 aliphatic heterocycles. The van der Waals surface area contributed by atoms with Gasteiger partial charge < -0.3 is 16.4 Å². The van der Waals surface area contributed by atoms with Gasteiger partial charge in [0.1, 0.15) is 5.84 Å². The van der Waals surface area contributed by atoms with Crippen LogP contribution in [0.3, 0.4) is 0 Å². The Labute approximate surface area is 113 Å². The van der Waals surface area contributed by atoms with Gasteiger partial charge in [0.05, 0.1) is 11.3 Å². The topological polar surface area (TPSA) is 91.0 Å². The molecule has 2 amide bonds. The molecule has 0 saturated heterocycles. The monoisotopic (exact) mass is 288 g/mol. The number of carbonyl (C=O) groups is 1. The summed E-state index contributed by atoms with van der Waals surface area (Å²) in [6.07, 6.45) is -3.81. The van der Waals surface area contributed by atoms with Gasteiger partial charge in [0, 0.05) is 12.1 Å². The van der Waals surface area contributed by atoms with Crippen LogP contribution in [0.4, 0.5) is 23.7 Å². The number of nitrogens with one attached hydrogen (secondary N) is 3. The molecule has 1 aromatic carbocycles. The molecule has 110 valence electrons. The number of urea groups is 1. The predicted molar refractivity (Wildman–Crippen MR) is 69.8 cm³/mol. The Balaban J connectivity index is 3.02. The summed E-state index contributed by atoms with van der Waals surface area (Å²) >= 11 is 0. The molecule has 0 atom stereocenters. The third-order valence-corrected chi connectivity index (χ3v) is 2.42. The second-order valence-corrected chi connectivity index (χ2v) is 4.05. The van der Waals surface area contributed by atoms with Crippen molar-refractivity contribution in [3.8, 4) is 0 Å². The minimum atomic E-state index is -4.53. The van der Waals surface area contributed by atoms with Crippen LogP contribution in [0, 0.1) is 5.41 Å². The van der Waals surface area contributed by atoms with Gasteiger partial charge in [-0.15, -0.1) is 0 Å². The Morgan fingerprint density at radius 1 is 1.40 bits per heavy atom. The molecule has 0 bridgehead atoms. The van der Waals surface area contributed by atoms with Gasteiger partial charge in [0.25, 0.3) is 0 Å². The molecule has 5 N–H and O–H groups in total. The van der Waals surface area contributed by atoms with Crippen LogP contribution in [0.25, 0.3) is 0 Å². The molecule has 0 heterocycles. The van der Waals surface area contributed by atoms with Crippen LogP contribution in [-0.4, -0.2) is 18.4 Å². The van der Waals surface area contributed by atoms with E-state index in [1.165, 1.54) is 0 Å². The summed E-state index contributed by atoms with van der Waals surface area (Å²) in [5.41, 5.74) is 4.20. The molecule has 0 radical (unpaired) electrons. The number of nitrogens with two attached hydrogens (primary N) is 1. The molecular formula is C12H15F3N4O. The molecule has 0 fully saturated rings. The Hall–Kier alpha value is -2.25. The Kier molecular flexibility index (Phi) is 4.95. The molecule has 1 rings (SSSR count). The largest absolute Gasteiger partial charge is 0.416 e. The first-order valence-electron chi connectivity index (χ1n) is 5.86. The number of hydrogen-bond donors (Lipinski definition) is 4. The normalized spacial score (nSPS) is 11.0. The van der Waals surface area contributed by atoms with Crippen LogP contribution >= 0.6 is 0 Å². The van der Waals surface area contributed by atoms with E-state index < -0.39 is 23.6 Å². The molecule has 0 unspecified atom stereocenters. The van der Waals surface area contributed by atoms with E-state index in [0.29, 0.717) is 6.54 Å². The second kappa shape index (κ2) is 6.27. The SMILES string of the molecule is CCCNC(=O)Nc1ccc(C(F)(F)F)cc1C(=N)N. The Bertz CT molecular complexity index is 514. The number of nitrogen functional groups attached to an aromatic ring is 1. The van der Waals surface area contributed by atoms with Crippen LogP contribution in [0.2, 0.25) is 0 Å². The van der Waals surface area contributed by atoms with E-state index in [0.717, 1.165) is 24.6 Å².